The predicted octanol–water partition coefficient (Wildman–Crippen LogP) is 9.56. The molecule has 160 valence electrons. The Kier molecular flexibility index (Phi) is 5.97. The van der Waals surface area contributed by atoms with E-state index >= 15 is 0 Å². The van der Waals surface area contributed by atoms with E-state index < -0.39 is 0 Å². The van der Waals surface area contributed by atoms with Gasteiger partial charge >= 0.3 is 0 Å². The second-order valence-electron chi connectivity index (χ2n) is 8.92. The minimum absolute atomic E-state index is 0.944. The molecule has 2 heterocycles. The number of unbranched alkanes of at least 4 members (excludes halogenated alkanes) is 8. The van der Waals surface area contributed by atoms with Crippen molar-refractivity contribution in [3.8, 4) is 0 Å². The van der Waals surface area contributed by atoms with Crippen molar-refractivity contribution in [2.24, 2.45) is 0 Å². The molecule has 5 rings (SSSR count). The number of benzene rings is 3. The minimum Gasteiger partial charge on any atom is -0.464 e. The second-order valence-corrected chi connectivity index (χ2v) is 8.92. The van der Waals surface area contributed by atoms with E-state index in [0.717, 1.165) is 23.3 Å². The zero-order valence-corrected chi connectivity index (χ0v) is 18.6. The Morgan fingerprint density at radius 3 is 1.87 bits per heavy atom. The lowest BCUT2D eigenvalue weighted by Crippen LogP contribution is -1.84. The van der Waals surface area contributed by atoms with E-state index in [-0.39, 0.29) is 0 Å². The van der Waals surface area contributed by atoms with Crippen molar-refractivity contribution in [1.82, 2.24) is 0 Å². The molecule has 0 saturated heterocycles. The van der Waals surface area contributed by atoms with Gasteiger partial charge in [-0.15, -0.1) is 0 Å². The van der Waals surface area contributed by atoms with Crippen LogP contribution in [0.3, 0.4) is 0 Å². The van der Waals surface area contributed by atoms with Gasteiger partial charge in [-0.2, -0.15) is 0 Å². The Morgan fingerprint density at radius 2 is 1.13 bits per heavy atom. The predicted molar refractivity (Wildman–Crippen MR) is 132 cm³/mol. The summed E-state index contributed by atoms with van der Waals surface area (Å²) in [6.07, 6.45) is 15.0. The summed E-state index contributed by atoms with van der Waals surface area (Å²) in [5, 5.41) is 7.49. The highest BCUT2D eigenvalue weighted by molar-refractivity contribution is 6.21. The van der Waals surface area contributed by atoms with Crippen LogP contribution in [-0.4, -0.2) is 0 Å². The number of rotatable bonds is 10. The average Bonchev–Trinajstić information content (AvgIpc) is 3.44. The molecule has 0 spiro atoms. The van der Waals surface area contributed by atoms with Gasteiger partial charge in [0.05, 0.1) is 6.26 Å². The van der Waals surface area contributed by atoms with Crippen molar-refractivity contribution in [2.45, 2.75) is 71.1 Å². The van der Waals surface area contributed by atoms with Gasteiger partial charge in [0.1, 0.15) is 16.9 Å². The number of furan rings is 2. The first kappa shape index (κ1) is 20.2. The highest BCUT2D eigenvalue weighted by atomic mass is 16.3. The van der Waals surface area contributed by atoms with Gasteiger partial charge in [0, 0.05) is 17.2 Å². The van der Waals surface area contributed by atoms with Crippen LogP contribution in [0.2, 0.25) is 0 Å². The van der Waals surface area contributed by atoms with E-state index in [1.165, 1.54) is 90.1 Å². The maximum Gasteiger partial charge on any atom is 0.134 e. The molecule has 0 radical (unpaired) electrons. The summed E-state index contributed by atoms with van der Waals surface area (Å²) >= 11 is 0. The van der Waals surface area contributed by atoms with Gasteiger partial charge in [-0.1, -0.05) is 82.6 Å². The monoisotopic (exact) mass is 412 g/mol. The molecule has 0 aliphatic rings. The summed E-state index contributed by atoms with van der Waals surface area (Å²) < 4.78 is 11.8. The van der Waals surface area contributed by atoms with Crippen LogP contribution in [0.4, 0.5) is 0 Å². The van der Waals surface area contributed by atoms with Gasteiger partial charge in [-0.05, 0) is 52.2 Å². The van der Waals surface area contributed by atoms with Gasteiger partial charge in [-0.3, -0.25) is 0 Å². The van der Waals surface area contributed by atoms with E-state index in [0.29, 0.717) is 0 Å². The van der Waals surface area contributed by atoms with E-state index in [4.69, 9.17) is 8.83 Å². The third-order valence-electron chi connectivity index (χ3n) is 6.70. The Balaban J connectivity index is 1.29. The van der Waals surface area contributed by atoms with Gasteiger partial charge in [0.25, 0.3) is 0 Å². The molecule has 31 heavy (non-hydrogen) atoms. The fourth-order valence-corrected chi connectivity index (χ4v) is 4.98. The number of aryl methyl sites for hydroxylation is 1. The molecule has 2 aromatic heterocycles. The molecule has 0 aliphatic heterocycles. The first-order valence-corrected chi connectivity index (χ1v) is 12.1. The lowest BCUT2D eigenvalue weighted by atomic mass is 9.98. The SMILES string of the molecule is CCCCCCCCCCCc1cc2c(ccc3c2ccc2c4ccoc4ccc23)o1. The minimum atomic E-state index is 0.944. The fourth-order valence-electron chi connectivity index (χ4n) is 4.98. The van der Waals surface area contributed by atoms with Crippen molar-refractivity contribution >= 4 is 43.5 Å². The molecule has 0 unspecified atom stereocenters. The molecule has 0 amide bonds. The van der Waals surface area contributed by atoms with Crippen molar-refractivity contribution in [2.75, 3.05) is 0 Å². The Bertz CT molecular complexity index is 1300. The lowest BCUT2D eigenvalue weighted by Gasteiger charge is -2.05. The molecule has 2 heteroatoms. The smallest absolute Gasteiger partial charge is 0.134 e. The molecule has 0 fully saturated rings. The van der Waals surface area contributed by atoms with E-state index in [2.05, 4.69) is 55.5 Å². The van der Waals surface area contributed by atoms with Crippen molar-refractivity contribution in [1.29, 1.82) is 0 Å². The summed E-state index contributed by atoms with van der Waals surface area (Å²) in [6.45, 7) is 2.28. The van der Waals surface area contributed by atoms with Crippen molar-refractivity contribution in [3.63, 3.8) is 0 Å². The third kappa shape index (κ3) is 4.08. The maximum atomic E-state index is 6.20. The van der Waals surface area contributed by atoms with Crippen LogP contribution in [0.5, 0.6) is 0 Å². The molecule has 2 nitrogen and oxygen atoms in total. The van der Waals surface area contributed by atoms with Gasteiger partial charge in [-0.25, -0.2) is 0 Å². The van der Waals surface area contributed by atoms with Crippen LogP contribution in [0, 0.1) is 0 Å². The van der Waals surface area contributed by atoms with Gasteiger partial charge in [0.2, 0.25) is 0 Å². The summed E-state index contributed by atoms with van der Waals surface area (Å²) in [6, 6.07) is 17.4. The molecule has 0 atom stereocenters. The summed E-state index contributed by atoms with van der Waals surface area (Å²) in [4.78, 5) is 0. The van der Waals surface area contributed by atoms with Crippen LogP contribution < -0.4 is 0 Å². The molecule has 0 saturated carbocycles. The molecular formula is C29H32O2. The zero-order chi connectivity index (χ0) is 21.0. The second kappa shape index (κ2) is 9.18. The third-order valence-corrected chi connectivity index (χ3v) is 6.70. The first-order chi connectivity index (χ1) is 15.3. The van der Waals surface area contributed by atoms with E-state index in [1.54, 1.807) is 6.26 Å². The standard InChI is InChI=1S/C29H32O2/c1-2-3-4-5-6-7-8-9-10-11-21-20-27-25-13-12-24-22(23(25)15-17-29(27)31-21)14-16-28-26(24)18-19-30-28/h12-20H,2-11H2,1H3. The van der Waals surface area contributed by atoms with Crippen LogP contribution in [-0.2, 0) is 6.42 Å². The quantitative estimate of drug-likeness (QED) is 0.169. The van der Waals surface area contributed by atoms with Crippen LogP contribution in [0.25, 0.3) is 43.5 Å². The Hall–Kier alpha value is -2.74. The Morgan fingerprint density at radius 1 is 0.548 bits per heavy atom. The zero-order valence-electron chi connectivity index (χ0n) is 18.6. The molecule has 5 aromatic rings. The number of hydrogen-bond donors (Lipinski definition) is 0. The van der Waals surface area contributed by atoms with Crippen molar-refractivity contribution < 1.29 is 8.83 Å². The first-order valence-electron chi connectivity index (χ1n) is 12.1. The lowest BCUT2D eigenvalue weighted by molar-refractivity contribution is 0.517. The van der Waals surface area contributed by atoms with Crippen LogP contribution >= 0.6 is 0 Å². The summed E-state index contributed by atoms with van der Waals surface area (Å²) in [5.74, 6) is 1.12. The molecule has 0 aliphatic carbocycles. The molecule has 0 N–H and O–H groups in total. The highest BCUT2D eigenvalue weighted by Gasteiger charge is 2.11. The average molecular weight is 413 g/mol. The topological polar surface area (TPSA) is 26.3 Å². The number of hydrogen-bond acceptors (Lipinski definition) is 2. The van der Waals surface area contributed by atoms with Crippen molar-refractivity contribution in [3.05, 3.63) is 60.6 Å². The highest BCUT2D eigenvalue weighted by Crippen LogP contribution is 2.36. The van der Waals surface area contributed by atoms with E-state index in [1.807, 2.05) is 0 Å². The summed E-state index contributed by atoms with van der Waals surface area (Å²) in [5.41, 5.74) is 1.95. The summed E-state index contributed by atoms with van der Waals surface area (Å²) in [7, 11) is 0. The molecular weight excluding hydrogens is 380 g/mol. The molecule has 3 aromatic carbocycles. The maximum absolute atomic E-state index is 6.20. The fraction of sp³-hybridized carbons (Fsp3) is 0.379. The van der Waals surface area contributed by atoms with Crippen LogP contribution in [0.1, 0.15) is 70.5 Å². The van der Waals surface area contributed by atoms with Gasteiger partial charge in [0.15, 0.2) is 0 Å². The van der Waals surface area contributed by atoms with E-state index in [9.17, 15) is 0 Å². The van der Waals surface area contributed by atoms with Crippen LogP contribution in [0.15, 0.2) is 63.6 Å². The largest absolute Gasteiger partial charge is 0.464 e. The Labute approximate surface area is 184 Å². The normalized spacial score (nSPS) is 12.0. The number of fused-ring (bicyclic) bond motifs is 7. The van der Waals surface area contributed by atoms with Gasteiger partial charge < -0.3 is 8.83 Å². The molecule has 0 bridgehead atoms.